The number of anilines is 1. The van der Waals surface area contributed by atoms with Crippen LogP contribution in [0.3, 0.4) is 0 Å². The van der Waals surface area contributed by atoms with Gasteiger partial charge < -0.3 is 10.1 Å². The molecule has 3 aromatic rings. The van der Waals surface area contributed by atoms with Crippen molar-refractivity contribution >= 4 is 37.5 Å². The third-order valence-electron chi connectivity index (χ3n) is 4.47. The van der Waals surface area contributed by atoms with E-state index >= 15 is 0 Å². The van der Waals surface area contributed by atoms with E-state index in [0.29, 0.717) is 17.0 Å². The minimum atomic E-state index is -3.66. The molecule has 0 aromatic heterocycles. The maximum absolute atomic E-state index is 12.8. The van der Waals surface area contributed by atoms with Crippen LogP contribution in [0.15, 0.2) is 82.2 Å². The number of carbonyl (C=O) groups excluding carboxylic acids is 1. The van der Waals surface area contributed by atoms with Gasteiger partial charge in [0.25, 0.3) is 5.91 Å². The second-order valence-electron chi connectivity index (χ2n) is 6.57. The molecule has 1 amide bonds. The van der Waals surface area contributed by atoms with Crippen molar-refractivity contribution in [3.63, 3.8) is 0 Å². The molecule has 3 aromatic carbocycles. The Morgan fingerprint density at radius 1 is 1.03 bits per heavy atom. The van der Waals surface area contributed by atoms with Crippen molar-refractivity contribution < 1.29 is 17.9 Å². The van der Waals surface area contributed by atoms with Crippen molar-refractivity contribution in [1.29, 1.82) is 0 Å². The van der Waals surface area contributed by atoms with E-state index in [1.165, 1.54) is 30.6 Å². The first kappa shape index (κ1) is 22.0. The van der Waals surface area contributed by atoms with Gasteiger partial charge in [-0.05, 0) is 48.0 Å². The van der Waals surface area contributed by atoms with Crippen LogP contribution in [-0.2, 0) is 16.6 Å². The normalized spacial score (nSPS) is 11.3. The minimum absolute atomic E-state index is 0.152. The molecule has 0 aliphatic heterocycles. The Kier molecular flexibility index (Phi) is 6.91. The molecule has 8 heteroatoms. The number of carbonyl (C=O) groups is 1. The first-order valence-corrected chi connectivity index (χ1v) is 11.3. The van der Waals surface area contributed by atoms with E-state index in [4.69, 9.17) is 4.74 Å². The Labute approximate surface area is 184 Å². The van der Waals surface area contributed by atoms with E-state index < -0.39 is 10.0 Å². The number of hydrogen-bond donors (Lipinski definition) is 1. The van der Waals surface area contributed by atoms with Crippen LogP contribution in [0.2, 0.25) is 0 Å². The van der Waals surface area contributed by atoms with E-state index in [1.807, 2.05) is 30.3 Å². The van der Waals surface area contributed by atoms with Crippen molar-refractivity contribution in [2.75, 3.05) is 19.5 Å². The zero-order valence-electron chi connectivity index (χ0n) is 16.5. The van der Waals surface area contributed by atoms with Crippen LogP contribution in [0.5, 0.6) is 5.75 Å². The monoisotopic (exact) mass is 488 g/mol. The summed E-state index contributed by atoms with van der Waals surface area (Å²) in [7, 11) is -0.625. The smallest absolute Gasteiger partial charge is 0.259 e. The molecule has 3 rings (SSSR count). The summed E-state index contributed by atoms with van der Waals surface area (Å²) >= 11 is 3.34. The van der Waals surface area contributed by atoms with E-state index in [-0.39, 0.29) is 17.3 Å². The van der Waals surface area contributed by atoms with Crippen LogP contribution in [0.4, 0.5) is 5.69 Å². The van der Waals surface area contributed by atoms with Crippen LogP contribution in [0.25, 0.3) is 0 Å². The summed E-state index contributed by atoms with van der Waals surface area (Å²) in [5.41, 5.74) is 1.74. The number of methoxy groups -OCH3 is 1. The van der Waals surface area contributed by atoms with Crippen molar-refractivity contribution in [1.82, 2.24) is 4.31 Å². The molecule has 156 valence electrons. The average molecular weight is 489 g/mol. The van der Waals surface area contributed by atoms with Gasteiger partial charge in [-0.2, -0.15) is 4.31 Å². The molecule has 0 spiro atoms. The summed E-state index contributed by atoms with van der Waals surface area (Å²) in [6.45, 7) is 0.268. The molecule has 0 bridgehead atoms. The number of amides is 1. The van der Waals surface area contributed by atoms with E-state index in [0.717, 1.165) is 10.0 Å². The summed E-state index contributed by atoms with van der Waals surface area (Å²) in [6.07, 6.45) is 0. The molecule has 6 nitrogen and oxygen atoms in total. The van der Waals surface area contributed by atoms with Gasteiger partial charge >= 0.3 is 0 Å². The third kappa shape index (κ3) is 5.08. The van der Waals surface area contributed by atoms with Gasteiger partial charge in [0, 0.05) is 23.8 Å². The molecule has 30 heavy (non-hydrogen) atoms. The highest BCUT2D eigenvalue weighted by atomic mass is 79.9. The molecule has 0 heterocycles. The van der Waals surface area contributed by atoms with Crippen LogP contribution in [0.1, 0.15) is 15.9 Å². The van der Waals surface area contributed by atoms with Crippen LogP contribution in [0, 0.1) is 0 Å². The van der Waals surface area contributed by atoms with Crippen LogP contribution < -0.4 is 10.1 Å². The Morgan fingerprint density at radius 3 is 2.33 bits per heavy atom. The summed E-state index contributed by atoms with van der Waals surface area (Å²) in [5, 5.41) is 2.76. The molecule has 0 unspecified atom stereocenters. The SMILES string of the molecule is COc1ccc(Br)cc1C(=O)Nc1ccc(S(=O)(=O)N(C)Cc2ccccc2)cc1. The number of rotatable bonds is 7. The molecule has 0 saturated heterocycles. The minimum Gasteiger partial charge on any atom is -0.496 e. The zero-order chi connectivity index (χ0) is 21.7. The summed E-state index contributed by atoms with van der Waals surface area (Å²) in [5.74, 6) is 0.0855. The predicted molar refractivity (Wildman–Crippen MR) is 120 cm³/mol. The number of ether oxygens (including phenoxy) is 1. The molecule has 0 aliphatic rings. The number of nitrogens with zero attached hydrogens (tertiary/aromatic N) is 1. The standard InChI is InChI=1S/C22H21BrN2O4S/c1-25(15-16-6-4-3-5-7-16)30(27,28)19-11-9-18(10-12-19)24-22(26)20-14-17(23)8-13-21(20)29-2/h3-14H,15H2,1-2H3,(H,24,26). The highest BCUT2D eigenvalue weighted by Crippen LogP contribution is 2.25. The van der Waals surface area contributed by atoms with E-state index in [9.17, 15) is 13.2 Å². The number of sulfonamides is 1. The molecule has 0 fully saturated rings. The van der Waals surface area contributed by atoms with Gasteiger partial charge in [-0.25, -0.2) is 8.42 Å². The van der Waals surface area contributed by atoms with Crippen molar-refractivity contribution in [2.24, 2.45) is 0 Å². The quantitative estimate of drug-likeness (QED) is 0.529. The average Bonchev–Trinajstić information content (AvgIpc) is 2.74. The molecule has 1 N–H and O–H groups in total. The van der Waals surface area contributed by atoms with E-state index in [2.05, 4.69) is 21.2 Å². The van der Waals surface area contributed by atoms with E-state index in [1.54, 1.807) is 30.3 Å². The maximum Gasteiger partial charge on any atom is 0.259 e. The molecule has 0 aliphatic carbocycles. The van der Waals surface area contributed by atoms with Gasteiger partial charge in [0.1, 0.15) is 5.75 Å². The predicted octanol–water partition coefficient (Wildman–Crippen LogP) is 4.53. The fourth-order valence-corrected chi connectivity index (χ4v) is 4.39. The second-order valence-corrected chi connectivity index (χ2v) is 9.53. The number of hydrogen-bond acceptors (Lipinski definition) is 4. The number of benzene rings is 3. The van der Waals surface area contributed by atoms with Gasteiger partial charge in [0.05, 0.1) is 17.6 Å². The van der Waals surface area contributed by atoms with Gasteiger partial charge in [-0.1, -0.05) is 46.3 Å². The highest BCUT2D eigenvalue weighted by molar-refractivity contribution is 9.10. The Bertz CT molecular complexity index is 1130. The fraction of sp³-hybridized carbons (Fsp3) is 0.136. The first-order chi connectivity index (χ1) is 14.3. The molecule has 0 radical (unpaired) electrons. The summed E-state index contributed by atoms with van der Waals surface area (Å²) in [4.78, 5) is 12.8. The molecule has 0 saturated carbocycles. The number of nitrogens with one attached hydrogen (secondary N) is 1. The lowest BCUT2D eigenvalue weighted by Gasteiger charge is -2.17. The van der Waals surface area contributed by atoms with Gasteiger partial charge in [-0.3, -0.25) is 4.79 Å². The van der Waals surface area contributed by atoms with Crippen LogP contribution in [-0.4, -0.2) is 32.8 Å². The lowest BCUT2D eigenvalue weighted by Crippen LogP contribution is -2.26. The largest absolute Gasteiger partial charge is 0.496 e. The molecular formula is C22H21BrN2O4S. The number of halogens is 1. The Hall–Kier alpha value is -2.68. The Morgan fingerprint density at radius 2 is 1.70 bits per heavy atom. The third-order valence-corrected chi connectivity index (χ3v) is 6.79. The fourth-order valence-electron chi connectivity index (χ4n) is 2.87. The van der Waals surface area contributed by atoms with Crippen molar-refractivity contribution in [3.8, 4) is 5.75 Å². The summed E-state index contributed by atoms with van der Waals surface area (Å²) in [6, 6.07) is 20.6. The van der Waals surface area contributed by atoms with Gasteiger partial charge in [0.15, 0.2) is 0 Å². The lowest BCUT2D eigenvalue weighted by atomic mass is 10.2. The molecule has 0 atom stereocenters. The second kappa shape index (κ2) is 9.42. The maximum atomic E-state index is 12.8. The lowest BCUT2D eigenvalue weighted by molar-refractivity contribution is 0.102. The highest BCUT2D eigenvalue weighted by Gasteiger charge is 2.21. The molecular weight excluding hydrogens is 468 g/mol. The topological polar surface area (TPSA) is 75.7 Å². The zero-order valence-corrected chi connectivity index (χ0v) is 18.9. The van der Waals surface area contributed by atoms with Crippen LogP contribution >= 0.6 is 15.9 Å². The van der Waals surface area contributed by atoms with Gasteiger partial charge in [0.2, 0.25) is 10.0 Å². The Balaban J connectivity index is 1.74. The summed E-state index contributed by atoms with van der Waals surface area (Å²) < 4.78 is 32.9. The van der Waals surface area contributed by atoms with Crippen molar-refractivity contribution in [2.45, 2.75) is 11.4 Å². The first-order valence-electron chi connectivity index (χ1n) is 9.06. The van der Waals surface area contributed by atoms with Gasteiger partial charge in [-0.15, -0.1) is 0 Å². The van der Waals surface area contributed by atoms with Crippen molar-refractivity contribution in [3.05, 3.63) is 88.4 Å².